The highest BCUT2D eigenvalue weighted by Crippen LogP contribution is 2.19. The number of carbonyl (C=O) groups excluding carboxylic acids is 2. The van der Waals surface area contributed by atoms with Crippen LogP contribution in [0.2, 0.25) is 0 Å². The molecule has 1 aromatic carbocycles. The van der Waals surface area contributed by atoms with Crippen LogP contribution in [-0.4, -0.2) is 33.2 Å². The molecule has 26 heavy (non-hydrogen) atoms. The summed E-state index contributed by atoms with van der Waals surface area (Å²) >= 11 is 1.17. The molecule has 134 valence electrons. The van der Waals surface area contributed by atoms with E-state index in [4.69, 9.17) is 4.74 Å². The molecule has 0 aliphatic rings. The molecule has 0 radical (unpaired) electrons. The number of amides is 1. The van der Waals surface area contributed by atoms with Gasteiger partial charge in [0.1, 0.15) is 0 Å². The van der Waals surface area contributed by atoms with Crippen molar-refractivity contribution in [3.63, 3.8) is 0 Å². The van der Waals surface area contributed by atoms with Gasteiger partial charge in [-0.2, -0.15) is 5.10 Å². The minimum atomic E-state index is -0.504. The second-order valence-corrected chi connectivity index (χ2v) is 6.46. The summed E-state index contributed by atoms with van der Waals surface area (Å²) in [5.41, 5.74) is 3.35. The van der Waals surface area contributed by atoms with E-state index in [9.17, 15) is 9.59 Å². The molecule has 0 saturated carbocycles. The second-order valence-electron chi connectivity index (χ2n) is 5.60. The number of ether oxygens (including phenoxy) is 1. The van der Waals surface area contributed by atoms with Crippen molar-refractivity contribution in [2.75, 3.05) is 11.9 Å². The topological polar surface area (TPSA) is 86.1 Å². The quantitative estimate of drug-likeness (QED) is 0.696. The molecule has 0 aliphatic carbocycles. The fourth-order valence-electron chi connectivity index (χ4n) is 2.47. The van der Waals surface area contributed by atoms with E-state index in [1.807, 2.05) is 26.0 Å². The van der Waals surface area contributed by atoms with Crippen LogP contribution in [0.1, 0.15) is 39.2 Å². The highest BCUT2D eigenvalue weighted by atomic mass is 32.1. The number of benzene rings is 1. The summed E-state index contributed by atoms with van der Waals surface area (Å²) in [5.74, 6) is -0.811. The Hall–Kier alpha value is -3.00. The molecule has 3 rings (SSSR count). The van der Waals surface area contributed by atoms with Gasteiger partial charge in [-0.05, 0) is 45.0 Å². The summed E-state index contributed by atoms with van der Waals surface area (Å²) in [7, 11) is 0. The zero-order valence-electron chi connectivity index (χ0n) is 14.6. The van der Waals surface area contributed by atoms with E-state index in [-0.39, 0.29) is 18.2 Å². The zero-order chi connectivity index (χ0) is 18.7. The number of nitrogens with zero attached hydrogens (tertiary/aromatic N) is 3. The van der Waals surface area contributed by atoms with E-state index >= 15 is 0 Å². The maximum Gasteiger partial charge on any atom is 0.357 e. The Bertz CT molecular complexity index is 961. The number of nitrogens with one attached hydrogen (secondary N) is 1. The first-order valence-corrected chi connectivity index (χ1v) is 8.93. The van der Waals surface area contributed by atoms with Gasteiger partial charge >= 0.3 is 5.97 Å². The van der Waals surface area contributed by atoms with Crippen LogP contribution in [0.3, 0.4) is 0 Å². The monoisotopic (exact) mass is 370 g/mol. The molecule has 0 saturated heterocycles. The number of anilines is 1. The molecule has 0 aliphatic heterocycles. The molecular formula is C18H18N4O3S. The SMILES string of the molecule is CCOC(=O)c1csc(NC(=O)c2cccc(-n3nc(C)cc3C)c2)n1. The normalized spacial score (nSPS) is 10.6. The molecule has 7 nitrogen and oxygen atoms in total. The van der Waals surface area contributed by atoms with Gasteiger partial charge in [-0.3, -0.25) is 10.1 Å². The first kappa shape index (κ1) is 17.8. The molecule has 0 bridgehead atoms. The van der Waals surface area contributed by atoms with Gasteiger partial charge in [0.25, 0.3) is 5.91 Å². The smallest absolute Gasteiger partial charge is 0.357 e. The maximum absolute atomic E-state index is 12.5. The summed E-state index contributed by atoms with van der Waals surface area (Å²) in [6, 6.07) is 9.13. The van der Waals surface area contributed by atoms with Crippen molar-refractivity contribution in [3.8, 4) is 5.69 Å². The molecule has 2 aromatic heterocycles. The minimum absolute atomic E-state index is 0.184. The maximum atomic E-state index is 12.5. The van der Waals surface area contributed by atoms with E-state index < -0.39 is 5.97 Å². The van der Waals surface area contributed by atoms with Gasteiger partial charge in [-0.25, -0.2) is 14.5 Å². The Morgan fingerprint density at radius 1 is 1.27 bits per heavy atom. The molecule has 0 spiro atoms. The Balaban J connectivity index is 1.77. The van der Waals surface area contributed by atoms with Crippen molar-refractivity contribution < 1.29 is 14.3 Å². The molecule has 8 heteroatoms. The fourth-order valence-corrected chi connectivity index (χ4v) is 3.14. The highest BCUT2D eigenvalue weighted by Gasteiger charge is 2.15. The number of rotatable bonds is 5. The number of thiazole rings is 1. The van der Waals surface area contributed by atoms with Crippen LogP contribution in [0.4, 0.5) is 5.13 Å². The van der Waals surface area contributed by atoms with Crippen molar-refractivity contribution in [1.82, 2.24) is 14.8 Å². The molecule has 0 unspecified atom stereocenters. The summed E-state index contributed by atoms with van der Waals surface area (Å²) < 4.78 is 6.68. The molecular weight excluding hydrogens is 352 g/mol. The molecule has 1 N–H and O–H groups in total. The highest BCUT2D eigenvalue weighted by molar-refractivity contribution is 7.14. The van der Waals surface area contributed by atoms with Crippen molar-refractivity contribution in [2.45, 2.75) is 20.8 Å². The molecule has 0 fully saturated rings. The van der Waals surface area contributed by atoms with E-state index in [1.54, 1.807) is 35.2 Å². The third kappa shape index (κ3) is 3.80. The first-order valence-electron chi connectivity index (χ1n) is 8.05. The molecule has 3 aromatic rings. The molecule has 1 amide bonds. The number of carbonyl (C=O) groups is 2. The molecule has 2 heterocycles. The second kappa shape index (κ2) is 7.49. The van der Waals surface area contributed by atoms with Gasteiger partial charge < -0.3 is 4.74 Å². The Morgan fingerprint density at radius 3 is 2.77 bits per heavy atom. The Morgan fingerprint density at radius 2 is 2.08 bits per heavy atom. The lowest BCUT2D eigenvalue weighted by molar-refractivity contribution is 0.0520. The number of aryl methyl sites for hydroxylation is 2. The standard InChI is InChI=1S/C18H18N4O3S/c1-4-25-17(24)15-10-26-18(19-15)20-16(23)13-6-5-7-14(9-13)22-12(3)8-11(2)21-22/h5-10H,4H2,1-3H3,(H,19,20,23). The number of aromatic nitrogens is 3. The van der Waals surface area contributed by atoms with E-state index in [0.29, 0.717) is 10.7 Å². The summed E-state index contributed by atoms with van der Waals surface area (Å²) in [4.78, 5) is 28.2. The van der Waals surface area contributed by atoms with Crippen molar-refractivity contribution in [2.24, 2.45) is 0 Å². The van der Waals surface area contributed by atoms with E-state index in [0.717, 1.165) is 17.1 Å². The first-order chi connectivity index (χ1) is 12.5. The van der Waals surface area contributed by atoms with Crippen LogP contribution in [0.25, 0.3) is 5.69 Å². The predicted molar refractivity (Wildman–Crippen MR) is 99.1 cm³/mol. The van der Waals surface area contributed by atoms with Crippen LogP contribution < -0.4 is 5.32 Å². The van der Waals surface area contributed by atoms with Gasteiger partial charge in [-0.15, -0.1) is 11.3 Å². The van der Waals surface area contributed by atoms with Crippen molar-refractivity contribution in [1.29, 1.82) is 0 Å². The minimum Gasteiger partial charge on any atom is -0.461 e. The average molecular weight is 370 g/mol. The summed E-state index contributed by atoms with van der Waals surface area (Å²) in [6.45, 7) is 5.88. The Kier molecular flexibility index (Phi) is 5.13. The van der Waals surface area contributed by atoms with Gasteiger partial charge in [-0.1, -0.05) is 6.07 Å². The largest absolute Gasteiger partial charge is 0.461 e. The lowest BCUT2D eigenvalue weighted by atomic mass is 10.2. The third-order valence-corrected chi connectivity index (χ3v) is 4.33. The van der Waals surface area contributed by atoms with Gasteiger partial charge in [0.15, 0.2) is 10.8 Å². The lowest BCUT2D eigenvalue weighted by Gasteiger charge is -2.07. The number of hydrogen-bond donors (Lipinski definition) is 1. The van der Waals surface area contributed by atoms with Gasteiger partial charge in [0.2, 0.25) is 0 Å². The van der Waals surface area contributed by atoms with Crippen LogP contribution in [0, 0.1) is 13.8 Å². The molecule has 0 atom stereocenters. The van der Waals surface area contributed by atoms with Crippen LogP contribution in [0.15, 0.2) is 35.7 Å². The summed E-state index contributed by atoms with van der Waals surface area (Å²) in [5, 5.41) is 9.03. The predicted octanol–water partition coefficient (Wildman–Crippen LogP) is 3.37. The van der Waals surface area contributed by atoms with E-state index in [2.05, 4.69) is 15.4 Å². The van der Waals surface area contributed by atoms with Gasteiger partial charge in [0, 0.05) is 16.6 Å². The van der Waals surface area contributed by atoms with Crippen LogP contribution >= 0.6 is 11.3 Å². The summed E-state index contributed by atoms with van der Waals surface area (Å²) in [6.07, 6.45) is 0. The van der Waals surface area contributed by atoms with E-state index in [1.165, 1.54) is 11.3 Å². The lowest BCUT2D eigenvalue weighted by Crippen LogP contribution is -2.13. The fraction of sp³-hybridized carbons (Fsp3) is 0.222. The van der Waals surface area contributed by atoms with Crippen molar-refractivity contribution in [3.05, 3.63) is 58.4 Å². The Labute approximate surface area is 154 Å². The van der Waals surface area contributed by atoms with Crippen LogP contribution in [-0.2, 0) is 4.74 Å². The number of hydrogen-bond acceptors (Lipinski definition) is 6. The third-order valence-electron chi connectivity index (χ3n) is 3.57. The number of esters is 1. The average Bonchev–Trinajstić information content (AvgIpc) is 3.21. The van der Waals surface area contributed by atoms with Crippen molar-refractivity contribution >= 4 is 28.3 Å². The van der Waals surface area contributed by atoms with Crippen LogP contribution in [0.5, 0.6) is 0 Å². The zero-order valence-corrected chi connectivity index (χ0v) is 15.5. The van der Waals surface area contributed by atoms with Gasteiger partial charge in [0.05, 0.1) is 18.0 Å².